The van der Waals surface area contributed by atoms with Crippen molar-refractivity contribution in [3.63, 3.8) is 0 Å². The number of hydrogen-bond donors (Lipinski definition) is 0. The molecule has 2 aromatic heterocycles. The molecule has 2 heterocycles. The molecule has 0 amide bonds. The molecule has 0 aliphatic carbocycles. The van der Waals surface area contributed by atoms with E-state index in [-0.39, 0.29) is 23.7 Å². The highest BCUT2D eigenvalue weighted by Gasteiger charge is 2.16. The van der Waals surface area contributed by atoms with Crippen LogP contribution in [0.3, 0.4) is 0 Å². The van der Waals surface area contributed by atoms with Gasteiger partial charge in [-0.1, -0.05) is 5.21 Å². The SMILES string of the molecule is Cc1cc(C(=O)Cn2nnc3sc(C)c(C)c3c2=O)ccc1F. The number of rotatable bonds is 3. The summed E-state index contributed by atoms with van der Waals surface area (Å²) in [4.78, 5) is 26.4. The second-order valence-corrected chi connectivity index (χ2v) is 6.61. The van der Waals surface area contributed by atoms with E-state index in [2.05, 4.69) is 10.3 Å². The lowest BCUT2D eigenvalue weighted by Crippen LogP contribution is -2.27. The third-order valence-electron chi connectivity index (χ3n) is 3.83. The number of carbonyl (C=O) groups is 1. The molecule has 5 nitrogen and oxygen atoms in total. The van der Waals surface area contributed by atoms with E-state index in [0.29, 0.717) is 21.3 Å². The van der Waals surface area contributed by atoms with E-state index >= 15 is 0 Å². The number of fused-ring (bicyclic) bond motifs is 1. The number of Topliss-reactive ketones (excluding diaryl/α,β-unsaturated/α-hetero) is 1. The third kappa shape index (κ3) is 2.68. The van der Waals surface area contributed by atoms with Crippen molar-refractivity contribution in [3.8, 4) is 0 Å². The van der Waals surface area contributed by atoms with Gasteiger partial charge < -0.3 is 0 Å². The number of benzene rings is 1. The Balaban J connectivity index is 1.99. The number of ketones is 1. The fraction of sp³-hybridized carbons (Fsp3) is 0.250. The Morgan fingerprint density at radius 2 is 2.04 bits per heavy atom. The zero-order chi connectivity index (χ0) is 16.7. The predicted molar refractivity (Wildman–Crippen MR) is 86.6 cm³/mol. The van der Waals surface area contributed by atoms with E-state index in [1.165, 1.54) is 29.5 Å². The Kier molecular flexibility index (Phi) is 3.81. The van der Waals surface area contributed by atoms with Crippen LogP contribution in [0.5, 0.6) is 0 Å². The molecule has 118 valence electrons. The van der Waals surface area contributed by atoms with Crippen LogP contribution >= 0.6 is 11.3 Å². The second-order valence-electron chi connectivity index (χ2n) is 5.40. The summed E-state index contributed by atoms with van der Waals surface area (Å²) in [5.74, 6) is -0.683. The average Bonchev–Trinajstić information content (AvgIpc) is 2.80. The van der Waals surface area contributed by atoms with Gasteiger partial charge in [-0.05, 0) is 50.1 Å². The van der Waals surface area contributed by atoms with Gasteiger partial charge in [-0.15, -0.1) is 16.4 Å². The molecule has 0 spiro atoms. The lowest BCUT2D eigenvalue weighted by atomic mass is 10.1. The van der Waals surface area contributed by atoms with Crippen LogP contribution in [0.25, 0.3) is 10.2 Å². The van der Waals surface area contributed by atoms with Crippen molar-refractivity contribution in [3.05, 3.63) is 55.9 Å². The smallest absolute Gasteiger partial charge is 0.279 e. The monoisotopic (exact) mass is 331 g/mol. The number of aryl methyl sites for hydroxylation is 3. The summed E-state index contributed by atoms with van der Waals surface area (Å²) in [5, 5.41) is 8.36. The molecule has 0 aliphatic rings. The fourth-order valence-electron chi connectivity index (χ4n) is 2.34. The van der Waals surface area contributed by atoms with Crippen LogP contribution in [0.4, 0.5) is 4.39 Å². The van der Waals surface area contributed by atoms with Gasteiger partial charge in [0.05, 0.1) is 5.39 Å². The zero-order valence-electron chi connectivity index (χ0n) is 12.9. The van der Waals surface area contributed by atoms with Crippen molar-refractivity contribution in [2.75, 3.05) is 0 Å². The molecule has 3 aromatic rings. The molecule has 0 bridgehead atoms. The first-order valence-corrected chi connectivity index (χ1v) is 7.83. The van der Waals surface area contributed by atoms with Gasteiger partial charge in [0, 0.05) is 10.4 Å². The van der Waals surface area contributed by atoms with Crippen LogP contribution in [0.2, 0.25) is 0 Å². The summed E-state index contributed by atoms with van der Waals surface area (Å²) in [5.41, 5.74) is 1.26. The van der Waals surface area contributed by atoms with E-state index in [1.807, 2.05) is 13.8 Å². The molecular formula is C16H14FN3O2S. The van der Waals surface area contributed by atoms with Gasteiger partial charge in [-0.25, -0.2) is 9.07 Å². The molecule has 0 N–H and O–H groups in total. The Morgan fingerprint density at radius 1 is 1.30 bits per heavy atom. The molecule has 0 saturated heterocycles. The highest BCUT2D eigenvalue weighted by Crippen LogP contribution is 2.24. The highest BCUT2D eigenvalue weighted by molar-refractivity contribution is 7.18. The van der Waals surface area contributed by atoms with Crippen molar-refractivity contribution in [1.82, 2.24) is 15.0 Å². The molecule has 0 aliphatic heterocycles. The van der Waals surface area contributed by atoms with Crippen LogP contribution in [0.1, 0.15) is 26.4 Å². The number of nitrogens with zero attached hydrogens (tertiary/aromatic N) is 3. The molecule has 0 fully saturated rings. The molecule has 7 heteroatoms. The molecule has 0 radical (unpaired) electrons. The normalized spacial score (nSPS) is 11.1. The first kappa shape index (κ1) is 15.5. The zero-order valence-corrected chi connectivity index (χ0v) is 13.7. The Morgan fingerprint density at radius 3 is 2.74 bits per heavy atom. The lowest BCUT2D eigenvalue weighted by Gasteiger charge is -2.05. The number of hydrogen-bond acceptors (Lipinski definition) is 5. The number of thiophene rings is 1. The van der Waals surface area contributed by atoms with Crippen molar-refractivity contribution in [2.45, 2.75) is 27.3 Å². The number of aromatic nitrogens is 3. The maximum atomic E-state index is 13.3. The first-order valence-electron chi connectivity index (χ1n) is 7.01. The summed E-state index contributed by atoms with van der Waals surface area (Å²) in [6, 6.07) is 4.11. The standard InChI is InChI=1S/C16H14FN3O2S/c1-8-6-11(4-5-12(8)17)13(21)7-20-16(22)14-9(2)10(3)23-15(14)18-19-20/h4-6H,7H2,1-3H3. The summed E-state index contributed by atoms with van der Waals surface area (Å²) >= 11 is 1.41. The minimum absolute atomic E-state index is 0.221. The Hall–Kier alpha value is -2.41. The highest BCUT2D eigenvalue weighted by atomic mass is 32.1. The third-order valence-corrected chi connectivity index (χ3v) is 4.92. The van der Waals surface area contributed by atoms with Crippen LogP contribution < -0.4 is 5.56 Å². The minimum atomic E-state index is -0.371. The van der Waals surface area contributed by atoms with E-state index in [4.69, 9.17) is 0 Å². The van der Waals surface area contributed by atoms with Crippen LogP contribution in [-0.2, 0) is 6.54 Å². The van der Waals surface area contributed by atoms with Gasteiger partial charge in [0.25, 0.3) is 5.56 Å². The Labute approximate surface area is 135 Å². The van der Waals surface area contributed by atoms with E-state index in [0.717, 1.165) is 15.1 Å². The molecular weight excluding hydrogens is 317 g/mol. The molecule has 23 heavy (non-hydrogen) atoms. The van der Waals surface area contributed by atoms with Gasteiger partial charge in [-0.3, -0.25) is 9.59 Å². The second kappa shape index (κ2) is 5.66. The summed E-state index contributed by atoms with van der Waals surface area (Å²) in [6.07, 6.45) is 0. The van der Waals surface area contributed by atoms with Crippen LogP contribution in [-0.4, -0.2) is 20.8 Å². The maximum absolute atomic E-state index is 13.3. The van der Waals surface area contributed by atoms with Crippen molar-refractivity contribution < 1.29 is 9.18 Å². The number of carbonyl (C=O) groups excluding carboxylic acids is 1. The molecule has 0 atom stereocenters. The van der Waals surface area contributed by atoms with Gasteiger partial charge >= 0.3 is 0 Å². The van der Waals surface area contributed by atoms with E-state index in [1.54, 1.807) is 6.92 Å². The molecule has 0 saturated carbocycles. The van der Waals surface area contributed by atoms with Gasteiger partial charge in [0.2, 0.25) is 0 Å². The fourth-order valence-corrected chi connectivity index (χ4v) is 3.31. The van der Waals surface area contributed by atoms with Crippen molar-refractivity contribution >= 4 is 27.3 Å². The van der Waals surface area contributed by atoms with Gasteiger partial charge in [0.1, 0.15) is 12.4 Å². The predicted octanol–water partition coefficient (Wildman–Crippen LogP) is 2.80. The molecule has 3 rings (SSSR count). The molecule has 1 aromatic carbocycles. The largest absolute Gasteiger partial charge is 0.292 e. The van der Waals surface area contributed by atoms with Crippen molar-refractivity contribution in [1.29, 1.82) is 0 Å². The quantitative estimate of drug-likeness (QED) is 0.692. The van der Waals surface area contributed by atoms with E-state index < -0.39 is 0 Å². The van der Waals surface area contributed by atoms with Crippen LogP contribution in [0, 0.1) is 26.6 Å². The summed E-state index contributed by atoms with van der Waals surface area (Å²) in [7, 11) is 0. The van der Waals surface area contributed by atoms with Crippen molar-refractivity contribution in [2.24, 2.45) is 0 Å². The average molecular weight is 331 g/mol. The topological polar surface area (TPSA) is 64.8 Å². The minimum Gasteiger partial charge on any atom is -0.292 e. The maximum Gasteiger partial charge on any atom is 0.279 e. The van der Waals surface area contributed by atoms with E-state index in [9.17, 15) is 14.0 Å². The molecule has 0 unspecified atom stereocenters. The summed E-state index contributed by atoms with van der Waals surface area (Å²) in [6.45, 7) is 5.13. The van der Waals surface area contributed by atoms with Gasteiger partial charge in [-0.2, -0.15) is 0 Å². The van der Waals surface area contributed by atoms with Gasteiger partial charge in [0.15, 0.2) is 10.6 Å². The summed E-state index contributed by atoms with van der Waals surface area (Å²) < 4.78 is 14.3. The Bertz CT molecular complexity index is 991. The lowest BCUT2D eigenvalue weighted by molar-refractivity contribution is 0.0964. The first-order chi connectivity index (χ1) is 10.9. The van der Waals surface area contributed by atoms with Crippen LogP contribution in [0.15, 0.2) is 23.0 Å². The number of halogens is 1.